The van der Waals surface area contributed by atoms with Crippen LogP contribution in [0.25, 0.3) is 5.00 Å². The highest BCUT2D eigenvalue weighted by molar-refractivity contribution is 7.18. The number of nitrogens with one attached hydrogen (secondary N) is 1. The van der Waals surface area contributed by atoms with Crippen LogP contribution in [0.3, 0.4) is 0 Å². The zero-order valence-electron chi connectivity index (χ0n) is 18.8. The molecule has 1 saturated carbocycles. The van der Waals surface area contributed by atoms with Gasteiger partial charge in [0.1, 0.15) is 5.00 Å². The summed E-state index contributed by atoms with van der Waals surface area (Å²) in [5, 5.41) is 13.2. The van der Waals surface area contributed by atoms with E-state index in [2.05, 4.69) is 15.3 Å². The minimum Gasteiger partial charge on any atom is -0.481 e. The Kier molecular flexibility index (Phi) is 7.26. The van der Waals surface area contributed by atoms with E-state index in [4.69, 9.17) is 0 Å². The number of rotatable bonds is 6. The molecule has 0 bridgehead atoms. The highest BCUT2D eigenvalue weighted by atomic mass is 32.1. The minimum atomic E-state index is -0.986. The Morgan fingerprint density at radius 2 is 1.85 bits per heavy atom. The summed E-state index contributed by atoms with van der Waals surface area (Å²) in [6, 6.07) is 0.0328. The number of carbonyl (C=O) groups is 3. The van der Waals surface area contributed by atoms with Crippen LogP contribution in [-0.4, -0.2) is 72.5 Å². The maximum Gasteiger partial charge on any atom is 0.324 e. The molecule has 0 aromatic carbocycles. The van der Waals surface area contributed by atoms with E-state index in [1.54, 1.807) is 30.2 Å². The van der Waals surface area contributed by atoms with E-state index in [1.807, 2.05) is 9.80 Å². The van der Waals surface area contributed by atoms with Gasteiger partial charge in [-0.25, -0.2) is 14.8 Å². The third-order valence-electron chi connectivity index (χ3n) is 6.45. The molecule has 2 N–H and O–H groups in total. The average Bonchev–Trinajstić information content (AvgIpc) is 3.45. The number of anilines is 1. The number of thiazole rings is 1. The van der Waals surface area contributed by atoms with E-state index in [0.29, 0.717) is 28.9 Å². The van der Waals surface area contributed by atoms with Gasteiger partial charge in [-0.2, -0.15) is 0 Å². The van der Waals surface area contributed by atoms with Crippen LogP contribution in [0.4, 0.5) is 9.93 Å². The molecule has 3 amide bonds. The Hall–Kier alpha value is -2.95. The zero-order chi connectivity index (χ0) is 23.4. The molecular weight excluding hydrogens is 444 g/mol. The summed E-state index contributed by atoms with van der Waals surface area (Å²) in [6.45, 7) is 2.89. The first-order chi connectivity index (χ1) is 15.9. The first-order valence-electron chi connectivity index (χ1n) is 11.5. The first-order valence-corrected chi connectivity index (χ1v) is 12.3. The lowest BCUT2D eigenvalue weighted by molar-refractivity contribution is -0.136. The molecule has 11 heteroatoms. The Balaban J connectivity index is 1.54. The van der Waals surface area contributed by atoms with Gasteiger partial charge in [-0.3, -0.25) is 19.5 Å². The van der Waals surface area contributed by atoms with E-state index in [1.165, 1.54) is 17.8 Å². The van der Waals surface area contributed by atoms with Crippen molar-refractivity contribution >= 4 is 34.4 Å². The normalized spacial score (nSPS) is 17.7. The number of carbonyl (C=O) groups excluding carboxylic acids is 2. The van der Waals surface area contributed by atoms with Crippen molar-refractivity contribution in [3.05, 3.63) is 24.4 Å². The van der Waals surface area contributed by atoms with Gasteiger partial charge in [-0.15, -0.1) is 0 Å². The lowest BCUT2D eigenvalue weighted by Gasteiger charge is -2.43. The van der Waals surface area contributed by atoms with Crippen LogP contribution in [-0.2, 0) is 16.0 Å². The van der Waals surface area contributed by atoms with Crippen LogP contribution in [0, 0.1) is 0 Å². The van der Waals surface area contributed by atoms with Crippen LogP contribution in [0.5, 0.6) is 0 Å². The van der Waals surface area contributed by atoms with E-state index in [-0.39, 0.29) is 30.4 Å². The lowest BCUT2D eigenvalue weighted by atomic mass is 9.91. The first kappa shape index (κ1) is 23.2. The number of hydrogen-bond acceptors (Lipinski definition) is 6. The predicted octanol–water partition coefficient (Wildman–Crippen LogP) is 3.13. The minimum absolute atomic E-state index is 0.0651. The number of aromatic nitrogens is 3. The van der Waals surface area contributed by atoms with Gasteiger partial charge in [0.15, 0.2) is 5.13 Å². The highest BCUT2D eigenvalue weighted by Crippen LogP contribution is 2.31. The van der Waals surface area contributed by atoms with Crippen molar-refractivity contribution in [3.63, 3.8) is 0 Å². The molecule has 2 aromatic heterocycles. The predicted molar refractivity (Wildman–Crippen MR) is 124 cm³/mol. The molecule has 10 nitrogen and oxygen atoms in total. The van der Waals surface area contributed by atoms with E-state index in [9.17, 15) is 19.5 Å². The summed E-state index contributed by atoms with van der Waals surface area (Å²) in [7, 11) is 0. The summed E-state index contributed by atoms with van der Waals surface area (Å²) in [5.41, 5.74) is 0.389. The SMILES string of the molecule is CC(=O)N1CCC(N(C(=O)Nc2nc(CC(=O)O)c(-n3ccnc3)s2)C2CCCCC2)CC1. The third kappa shape index (κ3) is 5.52. The molecule has 2 aromatic rings. The van der Waals surface area contributed by atoms with Gasteiger partial charge in [0.2, 0.25) is 5.91 Å². The number of carboxylic acids is 1. The summed E-state index contributed by atoms with van der Waals surface area (Å²) in [4.78, 5) is 48.9. The molecular formula is C22H30N6O4S. The second-order valence-corrected chi connectivity index (χ2v) is 9.66. The molecule has 33 heavy (non-hydrogen) atoms. The fraction of sp³-hybridized carbons (Fsp3) is 0.591. The zero-order valence-corrected chi connectivity index (χ0v) is 19.6. The van der Waals surface area contributed by atoms with Gasteiger partial charge in [-0.1, -0.05) is 30.6 Å². The van der Waals surface area contributed by atoms with Crippen molar-refractivity contribution in [2.24, 2.45) is 0 Å². The van der Waals surface area contributed by atoms with Gasteiger partial charge < -0.3 is 14.9 Å². The number of nitrogens with zero attached hydrogens (tertiary/aromatic N) is 5. The monoisotopic (exact) mass is 474 g/mol. The van der Waals surface area contributed by atoms with Crippen molar-refractivity contribution in [2.45, 2.75) is 70.4 Å². The van der Waals surface area contributed by atoms with Gasteiger partial charge in [0.25, 0.3) is 0 Å². The molecule has 1 saturated heterocycles. The third-order valence-corrected chi connectivity index (χ3v) is 7.48. The largest absolute Gasteiger partial charge is 0.481 e. The van der Waals surface area contributed by atoms with Crippen molar-refractivity contribution in [3.8, 4) is 5.00 Å². The van der Waals surface area contributed by atoms with Crippen molar-refractivity contribution < 1.29 is 19.5 Å². The molecule has 3 heterocycles. The Labute approximate surface area is 196 Å². The molecule has 2 aliphatic rings. The Morgan fingerprint density at radius 1 is 1.15 bits per heavy atom. The second kappa shape index (κ2) is 10.3. The Morgan fingerprint density at radius 3 is 2.45 bits per heavy atom. The molecule has 1 aliphatic carbocycles. The quantitative estimate of drug-likeness (QED) is 0.664. The smallest absolute Gasteiger partial charge is 0.324 e. The fourth-order valence-corrected chi connectivity index (χ4v) is 5.77. The molecule has 0 radical (unpaired) electrons. The summed E-state index contributed by atoms with van der Waals surface area (Å²) < 4.78 is 1.71. The lowest BCUT2D eigenvalue weighted by Crippen LogP contribution is -2.54. The van der Waals surface area contributed by atoms with Crippen molar-refractivity contribution in [1.82, 2.24) is 24.3 Å². The molecule has 0 unspecified atom stereocenters. The fourth-order valence-electron chi connectivity index (χ4n) is 4.84. The molecule has 178 valence electrons. The number of aliphatic carboxylic acids is 1. The van der Waals surface area contributed by atoms with Crippen LogP contribution in [0.2, 0.25) is 0 Å². The van der Waals surface area contributed by atoms with Crippen molar-refractivity contribution in [1.29, 1.82) is 0 Å². The molecule has 0 spiro atoms. The number of amides is 3. The summed E-state index contributed by atoms with van der Waals surface area (Å²) in [5.74, 6) is -0.913. The van der Waals surface area contributed by atoms with Gasteiger partial charge >= 0.3 is 12.0 Å². The summed E-state index contributed by atoms with van der Waals surface area (Å²) >= 11 is 1.24. The molecule has 2 fully saturated rings. The number of likely N-dealkylation sites (tertiary alicyclic amines) is 1. The van der Waals surface area contributed by atoms with Crippen LogP contribution >= 0.6 is 11.3 Å². The number of hydrogen-bond donors (Lipinski definition) is 2. The van der Waals surface area contributed by atoms with Crippen LogP contribution in [0.15, 0.2) is 18.7 Å². The van der Waals surface area contributed by atoms with Gasteiger partial charge in [0.05, 0.1) is 18.4 Å². The van der Waals surface area contributed by atoms with E-state index >= 15 is 0 Å². The average molecular weight is 475 g/mol. The van der Waals surface area contributed by atoms with Crippen LogP contribution < -0.4 is 5.32 Å². The molecule has 1 aliphatic heterocycles. The Bertz CT molecular complexity index is 977. The van der Waals surface area contributed by atoms with Crippen molar-refractivity contribution in [2.75, 3.05) is 18.4 Å². The molecule has 4 rings (SSSR count). The number of piperidine rings is 1. The highest BCUT2D eigenvalue weighted by Gasteiger charge is 2.35. The van der Waals surface area contributed by atoms with Crippen LogP contribution in [0.1, 0.15) is 57.6 Å². The van der Waals surface area contributed by atoms with E-state index in [0.717, 1.165) is 38.5 Å². The standard InChI is InChI=1S/C22H30N6O4S/c1-15(29)26-10-7-17(8-11-26)28(16-5-3-2-4-6-16)22(32)25-21-24-18(13-19(30)31)20(33-21)27-12-9-23-14-27/h9,12,14,16-17H,2-8,10-11,13H2,1H3,(H,30,31)(H,24,25,32). The van der Waals surface area contributed by atoms with Gasteiger partial charge in [0, 0.05) is 44.5 Å². The molecule has 0 atom stereocenters. The number of carboxylic acid groups (broad SMARTS) is 1. The number of imidazole rings is 1. The number of urea groups is 1. The summed E-state index contributed by atoms with van der Waals surface area (Å²) in [6.07, 6.45) is 11.5. The van der Waals surface area contributed by atoms with Gasteiger partial charge in [-0.05, 0) is 25.7 Å². The second-order valence-electron chi connectivity index (χ2n) is 8.68. The topological polar surface area (TPSA) is 121 Å². The maximum absolute atomic E-state index is 13.5. The maximum atomic E-state index is 13.5. The van der Waals surface area contributed by atoms with E-state index < -0.39 is 5.97 Å².